The summed E-state index contributed by atoms with van der Waals surface area (Å²) >= 11 is 7.80. The summed E-state index contributed by atoms with van der Waals surface area (Å²) < 4.78 is 4.43. The van der Waals surface area contributed by atoms with Crippen LogP contribution in [0.1, 0.15) is 39.5 Å². The molecule has 0 N–H and O–H groups in total. The van der Waals surface area contributed by atoms with Gasteiger partial charge in [-0.25, -0.2) is 0 Å². The van der Waals surface area contributed by atoms with Gasteiger partial charge in [-0.05, 0) is 29.9 Å². The van der Waals surface area contributed by atoms with Crippen LogP contribution in [-0.2, 0) is 4.79 Å². The first kappa shape index (κ1) is 14.9. The lowest BCUT2D eigenvalue weighted by Gasteiger charge is -2.15. The van der Waals surface area contributed by atoms with Crippen LogP contribution < -0.4 is 0 Å². The van der Waals surface area contributed by atoms with Crippen LogP contribution in [0.5, 0.6) is 0 Å². The normalized spacial score (nSPS) is 21.1. The highest BCUT2D eigenvalue weighted by atomic mass is 32.3. The molecule has 1 fully saturated rings. The Balaban J connectivity index is 2.07. The highest BCUT2D eigenvalue weighted by molar-refractivity contribution is 8.40. The molecular weight excluding hydrogens is 300 g/mol. The smallest absolute Gasteiger partial charge is 0.133 e. The van der Waals surface area contributed by atoms with Crippen LogP contribution in [0.3, 0.4) is 0 Å². The van der Waals surface area contributed by atoms with Gasteiger partial charge in [0.2, 0.25) is 0 Å². The van der Waals surface area contributed by atoms with Gasteiger partial charge in [0.1, 0.15) is 5.78 Å². The molecule has 0 unspecified atom stereocenters. The molecule has 0 amide bonds. The Labute approximate surface area is 126 Å². The van der Waals surface area contributed by atoms with Crippen molar-refractivity contribution in [3.05, 3.63) is 18.3 Å². The average molecular weight is 319 g/mol. The molecule has 18 heavy (non-hydrogen) atoms. The van der Waals surface area contributed by atoms with E-state index >= 15 is 0 Å². The van der Waals surface area contributed by atoms with Crippen molar-refractivity contribution < 1.29 is 4.79 Å². The Hall–Kier alpha value is 0.550. The van der Waals surface area contributed by atoms with Crippen LogP contribution >= 0.6 is 47.0 Å². The Morgan fingerprint density at radius 2 is 1.44 bits per heavy atom. The van der Waals surface area contributed by atoms with Gasteiger partial charge >= 0.3 is 0 Å². The van der Waals surface area contributed by atoms with Crippen LogP contribution in [0.2, 0.25) is 0 Å². The predicted octanol–water partition coefficient (Wildman–Crippen LogP) is 5.45. The molecule has 0 atom stereocenters. The Morgan fingerprint density at radius 3 is 1.89 bits per heavy atom. The molecule has 0 bridgehead atoms. The van der Waals surface area contributed by atoms with Gasteiger partial charge in [-0.1, -0.05) is 37.4 Å². The van der Waals surface area contributed by atoms with Gasteiger partial charge in [-0.2, -0.15) is 0 Å². The molecule has 2 aliphatic rings. The molecule has 2 rings (SSSR count). The van der Waals surface area contributed by atoms with E-state index in [0.29, 0.717) is 5.78 Å². The van der Waals surface area contributed by atoms with Crippen molar-refractivity contribution in [3.8, 4) is 0 Å². The molecule has 0 aromatic heterocycles. The summed E-state index contributed by atoms with van der Waals surface area (Å²) in [5, 5.41) is 0. The predicted molar refractivity (Wildman–Crippen MR) is 89.0 cm³/mol. The zero-order chi connectivity index (χ0) is 13.0. The van der Waals surface area contributed by atoms with Crippen molar-refractivity contribution in [2.75, 3.05) is 11.5 Å². The molecule has 0 saturated heterocycles. The third-order valence-electron chi connectivity index (χ3n) is 2.79. The second-order valence-corrected chi connectivity index (χ2v) is 9.44. The lowest BCUT2D eigenvalue weighted by molar-refractivity contribution is -0.119. The maximum Gasteiger partial charge on any atom is 0.133 e. The highest BCUT2D eigenvalue weighted by Gasteiger charge is 2.25. The summed E-state index contributed by atoms with van der Waals surface area (Å²) in [6.45, 7) is 4.42. The number of ketones is 1. The highest BCUT2D eigenvalue weighted by Crippen LogP contribution is 2.59. The SMILES string of the molecule is CCSC1=C(SCC)SC(=C2CCC(=O)CC2)S1. The fraction of sp³-hybridized carbons (Fsp3) is 0.615. The summed E-state index contributed by atoms with van der Waals surface area (Å²) in [6.07, 6.45) is 3.49. The third kappa shape index (κ3) is 3.78. The van der Waals surface area contributed by atoms with Gasteiger partial charge in [0.05, 0.1) is 12.7 Å². The molecule has 0 radical (unpaired) electrons. The fourth-order valence-electron chi connectivity index (χ4n) is 1.89. The van der Waals surface area contributed by atoms with E-state index in [2.05, 4.69) is 13.8 Å². The quantitative estimate of drug-likeness (QED) is 0.683. The minimum Gasteiger partial charge on any atom is -0.300 e. The van der Waals surface area contributed by atoms with Crippen molar-refractivity contribution >= 4 is 52.8 Å². The van der Waals surface area contributed by atoms with E-state index in [0.717, 1.165) is 37.2 Å². The molecule has 1 aliphatic heterocycles. The van der Waals surface area contributed by atoms with E-state index < -0.39 is 0 Å². The van der Waals surface area contributed by atoms with Crippen molar-refractivity contribution in [3.63, 3.8) is 0 Å². The summed E-state index contributed by atoms with van der Waals surface area (Å²) in [4.78, 5) is 11.3. The largest absolute Gasteiger partial charge is 0.300 e. The van der Waals surface area contributed by atoms with Gasteiger partial charge in [-0.15, -0.1) is 23.5 Å². The number of hydrogen-bond donors (Lipinski definition) is 0. The molecule has 5 heteroatoms. The monoisotopic (exact) mass is 318 g/mol. The van der Waals surface area contributed by atoms with Crippen LogP contribution in [0.15, 0.2) is 18.3 Å². The number of carbonyl (C=O) groups is 1. The Morgan fingerprint density at radius 1 is 0.944 bits per heavy atom. The maximum absolute atomic E-state index is 11.3. The van der Waals surface area contributed by atoms with Gasteiger partial charge in [-0.3, -0.25) is 4.79 Å². The molecule has 0 aromatic carbocycles. The molecule has 100 valence electrons. The summed E-state index contributed by atoms with van der Waals surface area (Å²) in [7, 11) is 0. The van der Waals surface area contributed by atoms with Crippen molar-refractivity contribution in [2.45, 2.75) is 39.5 Å². The van der Waals surface area contributed by atoms with E-state index in [4.69, 9.17) is 0 Å². The third-order valence-corrected chi connectivity index (χ3v) is 8.25. The standard InChI is InChI=1S/C13H18OS4/c1-3-15-12-13(16-4-2)18-11(17-12)9-5-7-10(14)8-6-9/h3-8H2,1-2H3. The average Bonchev–Trinajstić information content (AvgIpc) is 2.75. The minimum absolute atomic E-state index is 0.437. The van der Waals surface area contributed by atoms with Crippen molar-refractivity contribution in [1.29, 1.82) is 0 Å². The van der Waals surface area contributed by atoms with Crippen molar-refractivity contribution in [1.82, 2.24) is 0 Å². The minimum atomic E-state index is 0.437. The lowest BCUT2D eigenvalue weighted by Crippen LogP contribution is -2.06. The first-order valence-corrected chi connectivity index (χ1v) is 9.94. The van der Waals surface area contributed by atoms with Gasteiger partial charge in [0, 0.05) is 12.8 Å². The molecule has 0 aromatic rings. The summed E-state index contributed by atoms with van der Waals surface area (Å²) in [6, 6.07) is 0. The fourth-order valence-corrected chi connectivity index (χ4v) is 7.72. The Kier molecular flexibility index (Phi) is 6.12. The summed E-state index contributed by atoms with van der Waals surface area (Å²) in [5.41, 5.74) is 1.52. The molecule has 1 heterocycles. The number of hydrogen-bond acceptors (Lipinski definition) is 5. The number of Topliss-reactive ketones (excluding diaryl/α,β-unsaturated/α-hetero) is 1. The van der Waals surface area contributed by atoms with Crippen LogP contribution in [-0.4, -0.2) is 17.3 Å². The molecule has 1 aliphatic carbocycles. The van der Waals surface area contributed by atoms with Crippen molar-refractivity contribution in [2.24, 2.45) is 0 Å². The number of carbonyl (C=O) groups excluding carboxylic acids is 1. The Bertz CT molecular complexity index is 366. The molecule has 1 saturated carbocycles. The maximum atomic E-state index is 11.3. The van der Waals surface area contributed by atoms with E-state index in [-0.39, 0.29) is 0 Å². The van der Waals surface area contributed by atoms with E-state index in [1.807, 2.05) is 47.0 Å². The summed E-state index contributed by atoms with van der Waals surface area (Å²) in [5.74, 6) is 2.71. The molecule has 1 nitrogen and oxygen atoms in total. The first-order chi connectivity index (χ1) is 8.74. The lowest BCUT2D eigenvalue weighted by atomic mass is 9.95. The van der Waals surface area contributed by atoms with E-state index in [9.17, 15) is 4.79 Å². The van der Waals surface area contributed by atoms with Crippen LogP contribution in [0, 0.1) is 0 Å². The molecular formula is C13H18OS4. The van der Waals surface area contributed by atoms with Crippen LogP contribution in [0.4, 0.5) is 0 Å². The van der Waals surface area contributed by atoms with Gasteiger partial charge < -0.3 is 0 Å². The second-order valence-electron chi connectivity index (χ2n) is 4.07. The van der Waals surface area contributed by atoms with Gasteiger partial charge in [0.25, 0.3) is 0 Å². The molecule has 0 spiro atoms. The van der Waals surface area contributed by atoms with Crippen LogP contribution in [0.25, 0.3) is 0 Å². The van der Waals surface area contributed by atoms with E-state index in [1.54, 1.807) is 0 Å². The van der Waals surface area contributed by atoms with Gasteiger partial charge in [0.15, 0.2) is 0 Å². The topological polar surface area (TPSA) is 17.1 Å². The first-order valence-electron chi connectivity index (χ1n) is 6.33. The number of allylic oxidation sites excluding steroid dienone is 1. The zero-order valence-corrected chi connectivity index (χ0v) is 14.0. The second kappa shape index (κ2) is 7.36. The van der Waals surface area contributed by atoms with E-state index in [1.165, 1.54) is 18.3 Å². The zero-order valence-electron chi connectivity index (χ0n) is 10.8. The number of thioether (sulfide) groups is 4. The number of rotatable bonds is 4.